The normalized spacial score (nSPS) is 13.3. The number of imide groups is 1. The van der Waals surface area contributed by atoms with Crippen LogP contribution in [0, 0.1) is 11.8 Å². The highest BCUT2D eigenvalue weighted by atomic mass is 32.2. The summed E-state index contributed by atoms with van der Waals surface area (Å²) >= 11 is 1.52. The van der Waals surface area contributed by atoms with Crippen molar-refractivity contribution in [2.24, 2.45) is 11.8 Å². The second-order valence-corrected chi connectivity index (χ2v) is 19.0. The van der Waals surface area contributed by atoms with Crippen molar-refractivity contribution in [1.29, 1.82) is 0 Å². The number of amides is 8. The van der Waals surface area contributed by atoms with Gasteiger partial charge in [0.05, 0.1) is 6.04 Å². The lowest BCUT2D eigenvalue weighted by atomic mass is 9.91. The highest BCUT2D eigenvalue weighted by Crippen LogP contribution is 2.19. The Hall–Kier alpha value is -5.06. The maximum Gasteiger partial charge on any atom is 0.253 e. The Bertz CT molecular complexity index is 1760. The summed E-state index contributed by atoms with van der Waals surface area (Å²) < 4.78 is 0. The third kappa shape index (κ3) is 29.2. The molecule has 0 aromatic carbocycles. The molecule has 1 aliphatic heterocycles. The van der Waals surface area contributed by atoms with Gasteiger partial charge in [-0.2, -0.15) is 11.8 Å². The fourth-order valence-corrected chi connectivity index (χ4v) is 7.95. The maximum absolute atomic E-state index is 13.5. The Morgan fingerprint density at radius 1 is 0.620 bits per heavy atom. The Labute approximate surface area is 422 Å². The van der Waals surface area contributed by atoms with Crippen LogP contribution in [-0.2, 0) is 52.7 Å². The minimum Gasteiger partial charge on any atom is -0.356 e. The molecule has 0 saturated heterocycles. The number of unbranched alkanes of at least 4 members (excludes halogenated alkanes) is 7. The summed E-state index contributed by atoms with van der Waals surface area (Å²) in [4.78, 5) is 137. The topological polar surface area (TPSA) is 298 Å². The van der Waals surface area contributed by atoms with Gasteiger partial charge in [-0.05, 0) is 82.1 Å². The molecule has 0 aliphatic carbocycles. The Balaban J connectivity index is 2.22. The molecule has 0 radical (unpaired) electrons. The first-order chi connectivity index (χ1) is 33.8. The van der Waals surface area contributed by atoms with Crippen molar-refractivity contribution in [1.82, 2.24) is 36.0 Å². The van der Waals surface area contributed by atoms with Crippen LogP contribution in [0.2, 0.25) is 0 Å². The summed E-state index contributed by atoms with van der Waals surface area (Å²) in [6.45, 7) is 6.19. The predicted molar refractivity (Wildman–Crippen MR) is 263 cm³/mol. The molecule has 21 nitrogen and oxygen atoms in total. The highest BCUT2D eigenvalue weighted by Gasteiger charge is 2.31. The predicted octanol–water partition coefficient (Wildman–Crippen LogP) is 4.23. The number of Topliss-reactive ketones (excluding diaryl/α,β-unsaturated/α-hetero) is 3. The summed E-state index contributed by atoms with van der Waals surface area (Å²) in [6.07, 6.45) is 11.2. The van der Waals surface area contributed by atoms with E-state index in [0.29, 0.717) is 111 Å². The van der Waals surface area contributed by atoms with Gasteiger partial charge in [0.15, 0.2) is 5.78 Å². The van der Waals surface area contributed by atoms with Crippen LogP contribution in [0.25, 0.3) is 0 Å². The first-order valence-corrected chi connectivity index (χ1v) is 26.6. The molecule has 1 heterocycles. The minimum absolute atomic E-state index is 0.0133. The summed E-state index contributed by atoms with van der Waals surface area (Å²) in [5.74, 6) is -4.33. The number of rotatable bonds is 42. The van der Waals surface area contributed by atoms with E-state index in [9.17, 15) is 68.4 Å². The third-order valence-corrected chi connectivity index (χ3v) is 12.8. The molecular formula is C49H81N7O14S. The zero-order chi connectivity index (χ0) is 53.1. The monoisotopic (exact) mass is 1020 g/mol. The lowest BCUT2D eigenvalue weighted by molar-refractivity contribution is -0.166. The standard InChI is InChI=1S/C49H81N7O14S/c1-5-36(2)48(41(60)18-16-30-53-44(63)25-26-45(53)64)52-49(67)38(27-34-71-4)35-40(59)19-21-42(61)50-28-12-9-15-33-55(69)46(65)23-20-39(58)17-10-6-7-13-32-56(70)47(66)24-22-43(62)51-29-11-8-14-31-54(68)37(3)57/h25-26,36,38,48,68-70H,5-24,27-35H2,1-4H3,(H,50,61)(H,51,62)(H,52,67)/t36-,38+,48-/m0/s1. The lowest BCUT2D eigenvalue weighted by Gasteiger charge is -2.26. The second kappa shape index (κ2) is 37.7. The number of carbonyl (C=O) groups is 11. The average molecular weight is 1020 g/mol. The highest BCUT2D eigenvalue weighted by molar-refractivity contribution is 7.98. The van der Waals surface area contributed by atoms with Gasteiger partial charge in [0, 0.05) is 122 Å². The van der Waals surface area contributed by atoms with Crippen LogP contribution >= 0.6 is 11.8 Å². The van der Waals surface area contributed by atoms with Gasteiger partial charge in [-0.3, -0.25) is 73.3 Å². The van der Waals surface area contributed by atoms with Gasteiger partial charge in [0.1, 0.15) is 11.6 Å². The molecule has 3 atom stereocenters. The first-order valence-electron chi connectivity index (χ1n) is 25.2. The molecule has 0 unspecified atom stereocenters. The summed E-state index contributed by atoms with van der Waals surface area (Å²) in [6, 6.07) is -0.793. The van der Waals surface area contributed by atoms with Crippen molar-refractivity contribution >= 4 is 76.4 Å². The number of thioether (sulfide) groups is 1. The number of ketones is 3. The number of nitrogens with zero attached hydrogens (tertiary/aromatic N) is 4. The van der Waals surface area contributed by atoms with E-state index in [0.717, 1.165) is 4.90 Å². The van der Waals surface area contributed by atoms with Crippen LogP contribution in [0.5, 0.6) is 0 Å². The lowest BCUT2D eigenvalue weighted by Crippen LogP contribution is -2.47. The molecule has 0 aromatic heterocycles. The molecule has 1 rings (SSSR count). The van der Waals surface area contributed by atoms with Crippen molar-refractivity contribution in [2.75, 3.05) is 51.3 Å². The van der Waals surface area contributed by atoms with E-state index in [4.69, 9.17) is 0 Å². The molecule has 22 heteroatoms. The van der Waals surface area contributed by atoms with Crippen LogP contribution in [0.4, 0.5) is 0 Å². The zero-order valence-electron chi connectivity index (χ0n) is 42.4. The maximum atomic E-state index is 13.5. The quantitative estimate of drug-likeness (QED) is 0.0216. The van der Waals surface area contributed by atoms with Gasteiger partial charge in [-0.1, -0.05) is 33.1 Å². The molecule has 8 amide bonds. The Morgan fingerprint density at radius 2 is 1.11 bits per heavy atom. The summed E-state index contributed by atoms with van der Waals surface area (Å²) in [5, 5.41) is 39.6. The fraction of sp³-hybridized carbons (Fsp3) is 0.735. The van der Waals surface area contributed by atoms with Crippen LogP contribution < -0.4 is 16.0 Å². The second-order valence-electron chi connectivity index (χ2n) is 18.0. The molecule has 71 heavy (non-hydrogen) atoms. The van der Waals surface area contributed by atoms with Gasteiger partial charge in [-0.15, -0.1) is 0 Å². The van der Waals surface area contributed by atoms with Crippen molar-refractivity contribution in [2.45, 2.75) is 168 Å². The number of hydroxylamine groups is 6. The van der Waals surface area contributed by atoms with Crippen LogP contribution in [0.1, 0.15) is 162 Å². The van der Waals surface area contributed by atoms with E-state index in [2.05, 4.69) is 16.0 Å². The molecule has 1 aliphatic rings. The molecular weight excluding hydrogens is 943 g/mol. The summed E-state index contributed by atoms with van der Waals surface area (Å²) in [5.41, 5.74) is 0. The van der Waals surface area contributed by atoms with Crippen molar-refractivity contribution in [3.63, 3.8) is 0 Å². The van der Waals surface area contributed by atoms with Crippen LogP contribution in [-0.4, -0.2) is 158 Å². The third-order valence-electron chi connectivity index (χ3n) is 12.1. The Morgan fingerprint density at radius 3 is 1.65 bits per heavy atom. The van der Waals surface area contributed by atoms with E-state index in [1.807, 2.05) is 20.1 Å². The fourth-order valence-electron chi connectivity index (χ4n) is 7.43. The van der Waals surface area contributed by atoms with Crippen molar-refractivity contribution in [3.05, 3.63) is 12.2 Å². The molecule has 0 spiro atoms. The largest absolute Gasteiger partial charge is 0.356 e. The van der Waals surface area contributed by atoms with Gasteiger partial charge < -0.3 is 16.0 Å². The van der Waals surface area contributed by atoms with Crippen molar-refractivity contribution < 1.29 is 68.4 Å². The van der Waals surface area contributed by atoms with E-state index in [1.165, 1.54) is 30.8 Å². The summed E-state index contributed by atoms with van der Waals surface area (Å²) in [7, 11) is 0. The van der Waals surface area contributed by atoms with Gasteiger partial charge in [0.2, 0.25) is 35.4 Å². The van der Waals surface area contributed by atoms with Gasteiger partial charge in [0.25, 0.3) is 11.8 Å². The van der Waals surface area contributed by atoms with E-state index < -0.39 is 47.4 Å². The van der Waals surface area contributed by atoms with Crippen molar-refractivity contribution in [3.8, 4) is 0 Å². The molecule has 0 fully saturated rings. The van der Waals surface area contributed by atoms with Crippen LogP contribution in [0.15, 0.2) is 12.2 Å². The molecule has 0 saturated carbocycles. The first kappa shape index (κ1) is 64.0. The molecule has 0 aromatic rings. The number of nitrogens with one attached hydrogen (secondary N) is 3. The Kier molecular flexibility index (Phi) is 33.9. The zero-order valence-corrected chi connectivity index (χ0v) is 43.2. The van der Waals surface area contributed by atoms with Gasteiger partial charge >= 0.3 is 0 Å². The van der Waals surface area contributed by atoms with E-state index in [1.54, 1.807) is 0 Å². The molecule has 0 bridgehead atoms. The van der Waals surface area contributed by atoms with Crippen LogP contribution in [0.3, 0.4) is 0 Å². The van der Waals surface area contributed by atoms with E-state index in [-0.39, 0.29) is 125 Å². The SMILES string of the molecule is CC[C@H](C)[C@H](NC(=O)[C@H](CCSC)CC(=O)CCC(=O)NCCCCCN(O)C(=O)CCC(=O)CCCCCCN(O)C(=O)CCC(=O)NCCCCCN(O)C(C)=O)C(=O)CCCN1C(=O)C=CC1=O. The van der Waals surface area contributed by atoms with Gasteiger partial charge in [-0.25, -0.2) is 15.2 Å². The number of hydrogen-bond acceptors (Lipinski definition) is 15. The smallest absolute Gasteiger partial charge is 0.253 e. The number of hydrogen-bond donors (Lipinski definition) is 6. The average Bonchev–Trinajstić information content (AvgIpc) is 3.67. The minimum atomic E-state index is -0.793. The molecule has 6 N–H and O–H groups in total. The molecule has 402 valence electrons. The number of carbonyl (C=O) groups excluding carboxylic acids is 11. The van der Waals surface area contributed by atoms with E-state index >= 15 is 0 Å².